The second kappa shape index (κ2) is 14.2. The molecule has 2 atom stereocenters. The fourth-order valence-electron chi connectivity index (χ4n) is 5.41. The number of fused-ring (bicyclic) bond motifs is 1. The van der Waals surface area contributed by atoms with Crippen LogP contribution >= 0.6 is 0 Å². The number of hydrogen-bond donors (Lipinski definition) is 2. The summed E-state index contributed by atoms with van der Waals surface area (Å²) in [6.07, 6.45) is 0.490. The third-order valence-corrected chi connectivity index (χ3v) is 9.08. The van der Waals surface area contributed by atoms with Crippen LogP contribution in [0.3, 0.4) is 0 Å². The summed E-state index contributed by atoms with van der Waals surface area (Å²) >= 11 is 0. The van der Waals surface area contributed by atoms with E-state index < -0.39 is 63.5 Å². The summed E-state index contributed by atoms with van der Waals surface area (Å²) in [6.45, 7) is 8.16. The fraction of sp³-hybridized carbons (Fsp3) is 0.412. The van der Waals surface area contributed by atoms with E-state index in [1.165, 1.54) is 29.4 Å². The highest BCUT2D eigenvalue weighted by Crippen LogP contribution is 2.40. The number of nitrogens with zero attached hydrogens (tertiary/aromatic N) is 4. The van der Waals surface area contributed by atoms with E-state index in [1.807, 2.05) is 4.72 Å². The van der Waals surface area contributed by atoms with Crippen molar-refractivity contribution in [2.45, 2.75) is 71.2 Å². The molecule has 16 heteroatoms. The summed E-state index contributed by atoms with van der Waals surface area (Å²) in [5.41, 5.74) is 0.178. The quantitative estimate of drug-likeness (QED) is 0.160. The Morgan fingerprint density at radius 1 is 1.04 bits per heavy atom. The lowest BCUT2D eigenvalue weighted by molar-refractivity contribution is 0.0123. The molecule has 0 bridgehead atoms. The lowest BCUT2D eigenvalue weighted by Crippen LogP contribution is -2.51. The molecule has 2 aromatic heterocycles. The summed E-state index contributed by atoms with van der Waals surface area (Å²) in [6, 6.07) is 9.92. The zero-order valence-corrected chi connectivity index (χ0v) is 29.0. The number of halogens is 4. The predicted octanol–water partition coefficient (Wildman–Crippen LogP) is 7.48. The van der Waals surface area contributed by atoms with Gasteiger partial charge < -0.3 is 19.7 Å². The molecule has 50 heavy (non-hydrogen) atoms. The molecule has 5 rings (SSSR count). The number of carbonyl (C=O) groups is 1. The second-order valence-corrected chi connectivity index (χ2v) is 14.8. The van der Waals surface area contributed by atoms with E-state index in [-0.39, 0.29) is 42.5 Å². The van der Waals surface area contributed by atoms with Gasteiger partial charge in [0.1, 0.15) is 29.1 Å². The number of aryl methyl sites for hydroxylation is 1. The molecule has 1 fully saturated rings. The Morgan fingerprint density at radius 2 is 1.78 bits per heavy atom. The van der Waals surface area contributed by atoms with Gasteiger partial charge in [0.05, 0.1) is 23.5 Å². The van der Waals surface area contributed by atoms with E-state index >= 15 is 4.39 Å². The van der Waals surface area contributed by atoms with Gasteiger partial charge in [0.2, 0.25) is 21.9 Å². The first kappa shape index (κ1) is 36.5. The Hall–Kier alpha value is -4.73. The summed E-state index contributed by atoms with van der Waals surface area (Å²) in [5.74, 6) is -5.49. The SMILES string of the molecule is CCC(F)(F)CS(=O)(=O)Nc1c(F)ccc2c(Oc3ncccc3-c3ccnc(N[C@H]4C[C@H](F)CN(C(=O)OC(C)(C)C)C4)n3)c(C)ccc12. The maximum Gasteiger partial charge on any atom is 0.410 e. The van der Waals surface area contributed by atoms with Gasteiger partial charge in [0.15, 0.2) is 0 Å². The van der Waals surface area contributed by atoms with Crippen molar-refractivity contribution in [2.75, 3.05) is 28.9 Å². The molecule has 268 valence electrons. The van der Waals surface area contributed by atoms with Crippen LogP contribution in [0.25, 0.3) is 22.0 Å². The molecule has 11 nitrogen and oxygen atoms in total. The van der Waals surface area contributed by atoms with Gasteiger partial charge in [-0.05, 0) is 63.6 Å². The van der Waals surface area contributed by atoms with Crippen molar-refractivity contribution in [3.63, 3.8) is 0 Å². The van der Waals surface area contributed by atoms with Crippen LogP contribution in [0.5, 0.6) is 11.6 Å². The van der Waals surface area contributed by atoms with Crippen LogP contribution in [0.15, 0.2) is 54.9 Å². The molecule has 1 aliphatic heterocycles. The molecule has 2 aromatic carbocycles. The minimum atomic E-state index is -4.64. The van der Waals surface area contributed by atoms with E-state index in [0.29, 0.717) is 22.2 Å². The first-order valence-corrected chi connectivity index (χ1v) is 17.5. The van der Waals surface area contributed by atoms with Gasteiger partial charge in [-0.3, -0.25) is 4.72 Å². The maximum absolute atomic E-state index is 15.0. The molecular weight excluding hydrogens is 680 g/mol. The van der Waals surface area contributed by atoms with E-state index in [0.717, 1.165) is 13.0 Å². The van der Waals surface area contributed by atoms with Crippen LogP contribution in [0.1, 0.15) is 46.1 Å². The van der Waals surface area contributed by atoms with Gasteiger partial charge in [0.25, 0.3) is 5.92 Å². The molecule has 0 spiro atoms. The van der Waals surface area contributed by atoms with Crippen LogP contribution in [0.2, 0.25) is 0 Å². The zero-order valence-electron chi connectivity index (χ0n) is 28.1. The number of aromatic nitrogens is 3. The number of nitrogens with one attached hydrogen (secondary N) is 2. The van der Waals surface area contributed by atoms with Crippen LogP contribution in [0, 0.1) is 12.7 Å². The number of benzene rings is 2. The number of amides is 1. The van der Waals surface area contributed by atoms with Gasteiger partial charge in [-0.25, -0.2) is 45.7 Å². The summed E-state index contributed by atoms with van der Waals surface area (Å²) in [5, 5.41) is 3.48. The predicted molar refractivity (Wildman–Crippen MR) is 181 cm³/mol. The van der Waals surface area contributed by atoms with Crippen LogP contribution in [-0.4, -0.2) is 76.9 Å². The minimum Gasteiger partial charge on any atom is -0.444 e. The zero-order chi connectivity index (χ0) is 36.4. The summed E-state index contributed by atoms with van der Waals surface area (Å²) < 4.78 is 96.6. The van der Waals surface area contributed by atoms with Crippen molar-refractivity contribution in [2.24, 2.45) is 0 Å². The fourth-order valence-corrected chi connectivity index (χ4v) is 6.76. The molecule has 1 aliphatic rings. The standard InChI is InChI=1S/C34H38F4N6O5S/c1-6-34(37,38)19-50(46,47)43-28-23-10-9-20(2)29(24(23)11-12-26(28)36)48-30-25(8-7-14-39-30)27-13-15-40-31(42-27)41-22-16-21(35)17-44(18-22)32(45)49-33(3,4)5/h7-15,21-22,43H,6,16-19H2,1-5H3,(H,40,41,42)/t21-,22-/m0/s1. The molecule has 1 amide bonds. The van der Waals surface area contributed by atoms with E-state index in [4.69, 9.17) is 9.47 Å². The number of sulfonamides is 1. The highest BCUT2D eigenvalue weighted by atomic mass is 32.2. The van der Waals surface area contributed by atoms with Crippen molar-refractivity contribution in [3.05, 3.63) is 66.2 Å². The molecule has 3 heterocycles. The topological polar surface area (TPSA) is 136 Å². The Labute approximate surface area is 287 Å². The number of anilines is 2. The van der Waals surface area contributed by atoms with Gasteiger partial charge in [0, 0.05) is 48.6 Å². The number of pyridine rings is 1. The Bertz CT molecular complexity index is 1990. The largest absolute Gasteiger partial charge is 0.444 e. The van der Waals surface area contributed by atoms with Crippen molar-refractivity contribution < 1.29 is 40.2 Å². The Morgan fingerprint density at radius 3 is 2.50 bits per heavy atom. The maximum atomic E-state index is 15.0. The van der Waals surface area contributed by atoms with Gasteiger partial charge in [-0.1, -0.05) is 19.1 Å². The minimum absolute atomic E-state index is 0.0825. The van der Waals surface area contributed by atoms with Gasteiger partial charge in [-0.2, -0.15) is 0 Å². The number of piperidine rings is 1. The monoisotopic (exact) mass is 718 g/mol. The van der Waals surface area contributed by atoms with Crippen LogP contribution in [0.4, 0.5) is 34.0 Å². The van der Waals surface area contributed by atoms with Crippen LogP contribution in [-0.2, 0) is 14.8 Å². The summed E-state index contributed by atoms with van der Waals surface area (Å²) in [4.78, 5) is 27.2. The van der Waals surface area contributed by atoms with E-state index in [1.54, 1.807) is 52.0 Å². The van der Waals surface area contributed by atoms with E-state index in [9.17, 15) is 26.4 Å². The van der Waals surface area contributed by atoms with Crippen LogP contribution < -0.4 is 14.8 Å². The van der Waals surface area contributed by atoms with Crippen molar-refractivity contribution in [1.82, 2.24) is 19.9 Å². The second-order valence-electron chi connectivity index (χ2n) is 13.1. The number of likely N-dealkylation sites (tertiary alicyclic amines) is 1. The molecule has 0 unspecified atom stereocenters. The lowest BCUT2D eigenvalue weighted by Gasteiger charge is -2.36. The Balaban J connectivity index is 1.42. The molecule has 0 saturated carbocycles. The highest BCUT2D eigenvalue weighted by Gasteiger charge is 2.35. The number of carbonyl (C=O) groups excluding carboxylic acids is 1. The smallest absolute Gasteiger partial charge is 0.410 e. The third kappa shape index (κ3) is 8.89. The molecule has 2 N–H and O–H groups in total. The molecule has 0 aliphatic carbocycles. The normalized spacial score (nSPS) is 17.0. The molecule has 0 radical (unpaired) electrons. The average Bonchev–Trinajstić information content (AvgIpc) is 3.02. The highest BCUT2D eigenvalue weighted by molar-refractivity contribution is 7.92. The summed E-state index contributed by atoms with van der Waals surface area (Å²) in [7, 11) is -4.64. The number of ether oxygens (including phenoxy) is 2. The Kier molecular flexibility index (Phi) is 10.4. The van der Waals surface area contributed by atoms with Crippen molar-refractivity contribution in [3.8, 4) is 22.9 Å². The third-order valence-electron chi connectivity index (χ3n) is 7.76. The van der Waals surface area contributed by atoms with Gasteiger partial charge >= 0.3 is 6.09 Å². The molecule has 4 aromatic rings. The first-order valence-electron chi connectivity index (χ1n) is 15.9. The number of alkyl halides is 3. The molecule has 1 saturated heterocycles. The van der Waals surface area contributed by atoms with Crippen molar-refractivity contribution >= 4 is 38.5 Å². The molecular formula is C34H38F4N6O5S. The first-order chi connectivity index (χ1) is 23.4. The lowest BCUT2D eigenvalue weighted by atomic mass is 10.0. The van der Waals surface area contributed by atoms with Gasteiger partial charge in [-0.15, -0.1) is 0 Å². The number of hydrogen-bond acceptors (Lipinski definition) is 9. The number of rotatable bonds is 10. The van der Waals surface area contributed by atoms with E-state index in [2.05, 4.69) is 20.3 Å². The van der Waals surface area contributed by atoms with Crippen molar-refractivity contribution in [1.29, 1.82) is 0 Å². The average molecular weight is 719 g/mol.